The van der Waals surface area contributed by atoms with Gasteiger partial charge in [-0.15, -0.1) is 0 Å². The van der Waals surface area contributed by atoms with E-state index in [1.165, 1.54) is 128 Å². The zero-order valence-corrected chi connectivity index (χ0v) is 58.9. The second-order valence-electron chi connectivity index (χ2n) is 26.7. The molecule has 2 heterocycles. The summed E-state index contributed by atoms with van der Waals surface area (Å²) < 4.78 is 64.9. The third-order valence-electron chi connectivity index (χ3n) is 18.3. The van der Waals surface area contributed by atoms with E-state index in [0.717, 1.165) is 96.3 Å². The summed E-state index contributed by atoms with van der Waals surface area (Å²) in [4.78, 5) is 50.9. The van der Waals surface area contributed by atoms with Gasteiger partial charge in [-0.2, -0.15) is 0 Å². The zero-order valence-electron chi connectivity index (χ0n) is 58.0. The van der Waals surface area contributed by atoms with Gasteiger partial charge in [-0.1, -0.05) is 232 Å². The maximum Gasteiger partial charge on any atom is 0.472 e. The minimum Gasteiger partial charge on any atom is -0.463 e. The summed E-state index contributed by atoms with van der Waals surface area (Å²) in [5.74, 6) is -2.00. The normalized spacial score (nSPS) is 28.1. The highest BCUT2D eigenvalue weighted by atomic mass is 31.2. The number of carbonyl (C=O) groups is 3. The zero-order chi connectivity index (χ0) is 69.6. The van der Waals surface area contributed by atoms with Gasteiger partial charge in [0.2, 0.25) is 0 Å². The highest BCUT2D eigenvalue weighted by molar-refractivity contribution is 7.47. The van der Waals surface area contributed by atoms with Crippen LogP contribution in [-0.4, -0.2) is 204 Å². The fourth-order valence-corrected chi connectivity index (χ4v) is 13.2. The van der Waals surface area contributed by atoms with Gasteiger partial charge in [0, 0.05) is 19.3 Å². The summed E-state index contributed by atoms with van der Waals surface area (Å²) >= 11 is 0. The number of aliphatic hydroxyl groups is 10. The molecule has 1 saturated carbocycles. The van der Waals surface area contributed by atoms with E-state index in [4.69, 9.17) is 42.2 Å². The molecule has 558 valence electrons. The van der Waals surface area contributed by atoms with E-state index < -0.39 is 156 Å². The number of phosphoric acid groups is 1. The van der Waals surface area contributed by atoms with E-state index in [1.807, 2.05) is 0 Å². The molecule has 3 fully saturated rings. The van der Waals surface area contributed by atoms with Gasteiger partial charge in [0.05, 0.1) is 13.2 Å². The number of ether oxygens (including phenoxy) is 7. The van der Waals surface area contributed by atoms with Crippen LogP contribution in [-0.2, 0) is 61.2 Å². The fraction of sp³-hybridized carbons (Fsp3) is 0.929. The maximum absolute atomic E-state index is 14.3. The number of esters is 3. The Bertz CT molecular complexity index is 2020. The summed E-state index contributed by atoms with van der Waals surface area (Å²) in [6, 6.07) is 0. The van der Waals surface area contributed by atoms with Crippen LogP contribution in [0.1, 0.15) is 284 Å². The average molecular weight is 1390 g/mol. The number of phosphoric ester groups is 1. The lowest BCUT2D eigenvalue weighted by molar-refractivity contribution is -0.360. The Kier molecular flexibility index (Phi) is 48.2. The first-order valence-corrected chi connectivity index (χ1v) is 38.5. The lowest BCUT2D eigenvalue weighted by Gasteiger charge is -2.49. The molecule has 0 radical (unpaired) electrons. The highest BCUT2D eigenvalue weighted by Gasteiger charge is 2.58. The Hall–Kier alpha value is -2.30. The average Bonchev–Trinajstić information content (AvgIpc) is 0.764. The van der Waals surface area contributed by atoms with Gasteiger partial charge < -0.3 is 89.1 Å². The minimum atomic E-state index is -5.69. The smallest absolute Gasteiger partial charge is 0.463 e. The van der Waals surface area contributed by atoms with E-state index in [-0.39, 0.29) is 19.3 Å². The maximum atomic E-state index is 14.3. The number of carbonyl (C=O) groups excluding carboxylic acids is 3. The largest absolute Gasteiger partial charge is 0.472 e. The van der Waals surface area contributed by atoms with Crippen LogP contribution in [0.4, 0.5) is 0 Å². The molecule has 3 aliphatic rings. The van der Waals surface area contributed by atoms with Crippen molar-refractivity contribution in [3.8, 4) is 0 Å². The molecule has 24 nitrogen and oxygen atoms in total. The molecule has 18 unspecified atom stereocenters. The van der Waals surface area contributed by atoms with Crippen molar-refractivity contribution < 1.29 is 117 Å². The molecule has 0 aromatic rings. The first-order chi connectivity index (χ1) is 45.8. The molecule has 25 heteroatoms. The Morgan fingerprint density at radius 1 is 0.400 bits per heavy atom. The standard InChI is InChI=1S/C70H129O24P/c1-4-7-10-13-16-19-22-25-26-28-31-34-37-40-43-46-56(74)89-51(48-86-54(72)44-41-38-35-32-29-24-21-18-15-12-9-6-3)49-88-95(84,85)94-68-66(92-69-64(82)59(77)57(75)52(47-71)90-69)62(80)61(79)63(81)67(68)93-70-65(83)60(78)58(76)53(91-70)50-87-55(73)45-42-39-36-33-30-27-23-20-17-14-11-8-5-2/h27,30,51-53,57-71,75-83H,4-26,28-29,31-50H2,1-3H3,(H,84,85)/b30-27-. The minimum absolute atomic E-state index is 0.00934. The second kappa shape index (κ2) is 52.6. The molecule has 0 amide bonds. The SMILES string of the molecule is CCCCCCCC/C=C\CCCCCC(=O)OCC1OC(OC2C(O)C(O)C(O)C(OC3OC(CO)C(O)C(O)C3O)C2OP(=O)(O)OCC(COC(=O)CCCCCCCCCCCCCC)OC(=O)CCCCCCCCCCCCCCCCC)C(O)C(O)C1O. The van der Waals surface area contributed by atoms with Crippen LogP contribution in [0.25, 0.3) is 0 Å². The number of hydrogen-bond acceptors (Lipinski definition) is 23. The molecule has 2 saturated heterocycles. The van der Waals surface area contributed by atoms with E-state index >= 15 is 0 Å². The summed E-state index contributed by atoms with van der Waals surface area (Å²) in [5.41, 5.74) is 0. The molecule has 1 aliphatic carbocycles. The van der Waals surface area contributed by atoms with E-state index in [1.54, 1.807) is 0 Å². The van der Waals surface area contributed by atoms with Crippen molar-refractivity contribution in [2.24, 2.45) is 0 Å². The first kappa shape index (κ1) is 86.9. The molecule has 11 N–H and O–H groups in total. The predicted molar refractivity (Wildman–Crippen MR) is 356 cm³/mol. The first-order valence-electron chi connectivity index (χ1n) is 37.0. The lowest BCUT2D eigenvalue weighted by Crippen LogP contribution is -2.69. The highest BCUT2D eigenvalue weighted by Crippen LogP contribution is 2.49. The van der Waals surface area contributed by atoms with Crippen LogP contribution < -0.4 is 0 Å². The van der Waals surface area contributed by atoms with Gasteiger partial charge >= 0.3 is 25.7 Å². The van der Waals surface area contributed by atoms with Crippen molar-refractivity contribution in [2.45, 2.75) is 388 Å². The molecule has 3 rings (SSSR count). The Labute approximate surface area is 567 Å². The van der Waals surface area contributed by atoms with Gasteiger partial charge in [0.25, 0.3) is 0 Å². The van der Waals surface area contributed by atoms with Crippen molar-refractivity contribution in [2.75, 3.05) is 26.4 Å². The quantitative estimate of drug-likeness (QED) is 0.00887. The molecule has 95 heavy (non-hydrogen) atoms. The van der Waals surface area contributed by atoms with Crippen LogP contribution >= 0.6 is 7.82 Å². The molecule has 0 bridgehead atoms. The lowest BCUT2D eigenvalue weighted by atomic mass is 9.84. The summed E-state index contributed by atoms with van der Waals surface area (Å²) in [6.45, 7) is 3.42. The van der Waals surface area contributed by atoms with Crippen LogP contribution in [0.2, 0.25) is 0 Å². The van der Waals surface area contributed by atoms with Crippen LogP contribution in [0.15, 0.2) is 12.2 Å². The van der Waals surface area contributed by atoms with E-state index in [9.17, 15) is 74.9 Å². The third kappa shape index (κ3) is 36.2. The van der Waals surface area contributed by atoms with Crippen LogP contribution in [0, 0.1) is 0 Å². The Morgan fingerprint density at radius 3 is 1.15 bits per heavy atom. The third-order valence-corrected chi connectivity index (χ3v) is 19.3. The molecule has 0 aromatic heterocycles. The van der Waals surface area contributed by atoms with Gasteiger partial charge in [0.1, 0.15) is 98.7 Å². The topological polar surface area (TPSA) is 374 Å². The van der Waals surface area contributed by atoms with Gasteiger partial charge in [-0.25, -0.2) is 4.57 Å². The second-order valence-corrected chi connectivity index (χ2v) is 28.1. The number of unbranched alkanes of at least 4 members (excludes halogenated alkanes) is 34. The Balaban J connectivity index is 1.75. The van der Waals surface area contributed by atoms with E-state index in [2.05, 4.69) is 32.9 Å². The molecule has 18 atom stereocenters. The van der Waals surface area contributed by atoms with Gasteiger partial charge in [-0.3, -0.25) is 23.4 Å². The monoisotopic (exact) mass is 1380 g/mol. The van der Waals surface area contributed by atoms with Crippen molar-refractivity contribution in [1.29, 1.82) is 0 Å². The van der Waals surface area contributed by atoms with Crippen molar-refractivity contribution in [3.05, 3.63) is 12.2 Å². The van der Waals surface area contributed by atoms with Crippen molar-refractivity contribution in [1.82, 2.24) is 0 Å². The molecular formula is C70H129O24P. The van der Waals surface area contributed by atoms with Gasteiger partial charge in [0.15, 0.2) is 18.7 Å². The summed E-state index contributed by atoms with van der Waals surface area (Å²) in [7, 11) is -5.69. The summed E-state index contributed by atoms with van der Waals surface area (Å²) in [6.07, 6.45) is 10.1. The van der Waals surface area contributed by atoms with Crippen LogP contribution in [0.5, 0.6) is 0 Å². The van der Waals surface area contributed by atoms with Crippen molar-refractivity contribution in [3.63, 3.8) is 0 Å². The van der Waals surface area contributed by atoms with E-state index in [0.29, 0.717) is 19.3 Å². The number of rotatable bonds is 57. The predicted octanol–water partition coefficient (Wildman–Crippen LogP) is 9.57. The number of hydrogen-bond donors (Lipinski definition) is 11. The molecule has 0 spiro atoms. The van der Waals surface area contributed by atoms with Crippen LogP contribution in [0.3, 0.4) is 0 Å². The number of aliphatic hydroxyl groups excluding tert-OH is 10. The molecular weight excluding hydrogens is 1260 g/mol. The summed E-state index contributed by atoms with van der Waals surface area (Å²) in [5, 5.41) is 110. The van der Waals surface area contributed by atoms with Gasteiger partial charge in [-0.05, 0) is 44.9 Å². The fourth-order valence-electron chi connectivity index (χ4n) is 12.2. The Morgan fingerprint density at radius 2 is 0.737 bits per heavy atom. The molecule has 2 aliphatic heterocycles. The van der Waals surface area contributed by atoms with Crippen molar-refractivity contribution >= 4 is 25.7 Å². The number of allylic oxidation sites excluding steroid dienone is 2. The molecule has 0 aromatic carbocycles.